The molecular weight excluding hydrogens is 192 g/mol. The first-order valence-electron chi connectivity index (χ1n) is 5.07. The highest BCUT2D eigenvalue weighted by Crippen LogP contribution is 2.26. The average molecular weight is 210 g/mol. The van der Waals surface area contributed by atoms with Gasteiger partial charge in [-0.1, -0.05) is 20.3 Å². The van der Waals surface area contributed by atoms with Crippen molar-refractivity contribution < 1.29 is 4.74 Å². The number of anilines is 2. The molecule has 84 valence electrons. The van der Waals surface area contributed by atoms with Crippen molar-refractivity contribution in [1.29, 1.82) is 0 Å². The number of nitrogens with one attached hydrogen (secondary N) is 1. The van der Waals surface area contributed by atoms with Crippen LogP contribution in [0.3, 0.4) is 0 Å². The van der Waals surface area contributed by atoms with Crippen LogP contribution in [0.5, 0.6) is 5.75 Å². The number of aromatic nitrogens is 2. The van der Waals surface area contributed by atoms with Crippen LogP contribution in [-0.4, -0.2) is 23.6 Å². The van der Waals surface area contributed by atoms with Crippen molar-refractivity contribution in [1.82, 2.24) is 9.97 Å². The largest absolute Gasteiger partial charge is 0.490 e. The van der Waals surface area contributed by atoms with Crippen molar-refractivity contribution in [3.05, 3.63) is 6.33 Å². The van der Waals surface area contributed by atoms with Gasteiger partial charge in [-0.2, -0.15) is 0 Å². The molecule has 0 saturated carbocycles. The van der Waals surface area contributed by atoms with Gasteiger partial charge in [0.2, 0.25) is 5.75 Å². The normalized spacial score (nSPS) is 12.2. The molecule has 5 heteroatoms. The fraction of sp³-hybridized carbons (Fsp3) is 0.600. The summed E-state index contributed by atoms with van der Waals surface area (Å²) in [4.78, 5) is 7.95. The van der Waals surface area contributed by atoms with Crippen molar-refractivity contribution >= 4 is 11.6 Å². The third-order valence-corrected chi connectivity index (χ3v) is 2.35. The summed E-state index contributed by atoms with van der Waals surface area (Å²) in [5.74, 6) is 2.12. The number of ether oxygens (including phenoxy) is 1. The minimum absolute atomic E-state index is 0.360. The zero-order valence-electron chi connectivity index (χ0n) is 9.45. The molecule has 0 aromatic carbocycles. The highest BCUT2D eigenvalue weighted by molar-refractivity contribution is 5.61. The minimum atomic E-state index is 0.360. The van der Waals surface area contributed by atoms with Crippen molar-refractivity contribution in [3.63, 3.8) is 0 Å². The van der Waals surface area contributed by atoms with Crippen LogP contribution in [0.15, 0.2) is 6.33 Å². The molecule has 0 aliphatic carbocycles. The van der Waals surface area contributed by atoms with E-state index in [0.717, 1.165) is 13.0 Å². The van der Waals surface area contributed by atoms with Crippen LogP contribution in [0.2, 0.25) is 0 Å². The number of nitrogen functional groups attached to an aromatic ring is 1. The van der Waals surface area contributed by atoms with Gasteiger partial charge < -0.3 is 15.8 Å². The Morgan fingerprint density at radius 3 is 2.87 bits per heavy atom. The molecule has 1 atom stereocenters. The molecule has 5 nitrogen and oxygen atoms in total. The van der Waals surface area contributed by atoms with Gasteiger partial charge in [0, 0.05) is 6.54 Å². The molecule has 0 spiro atoms. The molecule has 15 heavy (non-hydrogen) atoms. The Labute approximate surface area is 90.1 Å². The third kappa shape index (κ3) is 2.97. The molecule has 0 saturated heterocycles. The lowest BCUT2D eigenvalue weighted by Crippen LogP contribution is -2.13. The van der Waals surface area contributed by atoms with Gasteiger partial charge in [-0.3, -0.25) is 0 Å². The standard InChI is InChI=1S/C10H18N4O/c1-4-7(2)5-12-10-8(15-3)9(11)13-6-14-10/h6-7H,4-5H2,1-3H3,(H3,11,12,13,14). The van der Waals surface area contributed by atoms with E-state index in [1.54, 1.807) is 7.11 Å². The Morgan fingerprint density at radius 2 is 2.27 bits per heavy atom. The van der Waals surface area contributed by atoms with Gasteiger partial charge in [0.05, 0.1) is 7.11 Å². The van der Waals surface area contributed by atoms with E-state index in [9.17, 15) is 0 Å². The SMILES string of the molecule is CCC(C)CNc1ncnc(N)c1OC. The Hall–Kier alpha value is -1.52. The van der Waals surface area contributed by atoms with E-state index in [4.69, 9.17) is 10.5 Å². The van der Waals surface area contributed by atoms with Crippen LogP contribution in [0.25, 0.3) is 0 Å². The lowest BCUT2D eigenvalue weighted by molar-refractivity contribution is 0.414. The highest BCUT2D eigenvalue weighted by Gasteiger charge is 2.09. The Bertz CT molecular complexity index is 316. The van der Waals surface area contributed by atoms with E-state index in [1.165, 1.54) is 6.33 Å². The van der Waals surface area contributed by atoms with Crippen molar-refractivity contribution in [2.75, 3.05) is 24.7 Å². The second-order valence-corrected chi connectivity index (χ2v) is 3.54. The van der Waals surface area contributed by atoms with Crippen LogP contribution in [0, 0.1) is 5.92 Å². The smallest absolute Gasteiger partial charge is 0.203 e. The summed E-state index contributed by atoms with van der Waals surface area (Å²) >= 11 is 0. The molecule has 1 rings (SSSR count). The molecule has 0 aliphatic rings. The molecule has 1 unspecified atom stereocenters. The highest BCUT2D eigenvalue weighted by atomic mass is 16.5. The Balaban J connectivity index is 2.72. The molecule has 0 radical (unpaired) electrons. The maximum atomic E-state index is 5.65. The Morgan fingerprint density at radius 1 is 1.53 bits per heavy atom. The zero-order valence-corrected chi connectivity index (χ0v) is 9.45. The van der Waals surface area contributed by atoms with Gasteiger partial charge >= 0.3 is 0 Å². The van der Waals surface area contributed by atoms with Gasteiger partial charge in [-0.15, -0.1) is 0 Å². The fourth-order valence-corrected chi connectivity index (χ4v) is 1.13. The van der Waals surface area contributed by atoms with Crippen LogP contribution in [0.4, 0.5) is 11.6 Å². The number of hydrogen-bond acceptors (Lipinski definition) is 5. The predicted octanol–water partition coefficient (Wildman–Crippen LogP) is 1.53. The van der Waals surface area contributed by atoms with Gasteiger partial charge in [-0.25, -0.2) is 9.97 Å². The molecule has 0 bridgehead atoms. The average Bonchev–Trinajstić information content (AvgIpc) is 2.25. The summed E-state index contributed by atoms with van der Waals surface area (Å²) < 4.78 is 5.13. The third-order valence-electron chi connectivity index (χ3n) is 2.35. The summed E-state index contributed by atoms with van der Waals surface area (Å²) in [6.07, 6.45) is 2.55. The molecule has 1 aromatic rings. The first kappa shape index (κ1) is 11.6. The zero-order chi connectivity index (χ0) is 11.3. The Kier molecular flexibility index (Phi) is 4.15. The second kappa shape index (κ2) is 5.38. The van der Waals surface area contributed by atoms with Crippen molar-refractivity contribution in [3.8, 4) is 5.75 Å². The lowest BCUT2D eigenvalue weighted by atomic mass is 10.1. The van der Waals surface area contributed by atoms with Crippen LogP contribution in [-0.2, 0) is 0 Å². The van der Waals surface area contributed by atoms with E-state index in [0.29, 0.717) is 23.3 Å². The van der Waals surface area contributed by atoms with E-state index in [1.807, 2.05) is 0 Å². The predicted molar refractivity (Wildman–Crippen MR) is 60.9 cm³/mol. The molecule has 0 amide bonds. The van der Waals surface area contributed by atoms with E-state index in [-0.39, 0.29) is 0 Å². The van der Waals surface area contributed by atoms with Crippen LogP contribution < -0.4 is 15.8 Å². The number of hydrogen-bond donors (Lipinski definition) is 2. The quantitative estimate of drug-likeness (QED) is 0.771. The minimum Gasteiger partial charge on any atom is -0.490 e. The van der Waals surface area contributed by atoms with Crippen LogP contribution >= 0.6 is 0 Å². The lowest BCUT2D eigenvalue weighted by Gasteiger charge is -2.13. The maximum absolute atomic E-state index is 5.65. The summed E-state index contributed by atoms with van der Waals surface area (Å²) in [6, 6.07) is 0. The molecular formula is C10H18N4O. The number of rotatable bonds is 5. The number of nitrogens with two attached hydrogens (primary N) is 1. The summed E-state index contributed by atoms with van der Waals surface area (Å²) in [5, 5.41) is 3.20. The topological polar surface area (TPSA) is 73.1 Å². The second-order valence-electron chi connectivity index (χ2n) is 3.54. The number of nitrogens with zero attached hydrogens (tertiary/aromatic N) is 2. The van der Waals surface area contributed by atoms with E-state index < -0.39 is 0 Å². The first-order valence-corrected chi connectivity index (χ1v) is 5.07. The maximum Gasteiger partial charge on any atom is 0.203 e. The summed E-state index contributed by atoms with van der Waals surface area (Å²) in [7, 11) is 1.56. The molecule has 3 N–H and O–H groups in total. The van der Waals surface area contributed by atoms with Gasteiger partial charge in [-0.05, 0) is 5.92 Å². The first-order chi connectivity index (χ1) is 7.19. The van der Waals surface area contributed by atoms with Crippen LogP contribution in [0.1, 0.15) is 20.3 Å². The molecule has 0 aliphatic heterocycles. The molecule has 1 heterocycles. The fourth-order valence-electron chi connectivity index (χ4n) is 1.13. The van der Waals surface area contributed by atoms with Gasteiger partial charge in [0.25, 0.3) is 0 Å². The molecule has 0 fully saturated rings. The van der Waals surface area contributed by atoms with Crippen molar-refractivity contribution in [2.45, 2.75) is 20.3 Å². The molecule has 1 aromatic heterocycles. The summed E-state index contributed by atoms with van der Waals surface area (Å²) in [5.41, 5.74) is 5.65. The van der Waals surface area contributed by atoms with E-state index >= 15 is 0 Å². The number of methoxy groups -OCH3 is 1. The van der Waals surface area contributed by atoms with Crippen molar-refractivity contribution in [2.24, 2.45) is 5.92 Å². The van der Waals surface area contributed by atoms with E-state index in [2.05, 4.69) is 29.1 Å². The van der Waals surface area contributed by atoms with Gasteiger partial charge in [0.15, 0.2) is 11.6 Å². The van der Waals surface area contributed by atoms with Gasteiger partial charge in [0.1, 0.15) is 6.33 Å². The monoisotopic (exact) mass is 210 g/mol. The summed E-state index contributed by atoms with van der Waals surface area (Å²) in [6.45, 7) is 5.17.